The van der Waals surface area contributed by atoms with Crippen molar-refractivity contribution in [3.05, 3.63) is 53.5 Å². The zero-order valence-corrected chi connectivity index (χ0v) is 13.6. The third-order valence-electron chi connectivity index (χ3n) is 2.58. The van der Waals surface area contributed by atoms with Gasteiger partial charge in [-0.1, -0.05) is 29.8 Å². The summed E-state index contributed by atoms with van der Waals surface area (Å²) >= 11 is 0. The van der Waals surface area contributed by atoms with Crippen LogP contribution in [0.25, 0.3) is 0 Å². The summed E-state index contributed by atoms with van der Waals surface area (Å²) in [5.41, 5.74) is 1.15. The second-order valence-electron chi connectivity index (χ2n) is 4.95. The molecule has 0 aliphatic heterocycles. The lowest BCUT2D eigenvalue weighted by molar-refractivity contribution is -0.141. The molecule has 0 aromatic heterocycles. The number of unbranched alkanes of at least 4 members (excludes halogenated alkanes) is 1. The Morgan fingerprint density at radius 1 is 1.19 bits per heavy atom. The number of ether oxygens (including phenoxy) is 1. The van der Waals surface area contributed by atoms with E-state index in [4.69, 9.17) is 4.74 Å². The van der Waals surface area contributed by atoms with Gasteiger partial charge in [-0.25, -0.2) is 9.00 Å². The van der Waals surface area contributed by atoms with Gasteiger partial charge in [0.15, 0.2) is 0 Å². The van der Waals surface area contributed by atoms with Gasteiger partial charge in [-0.15, -0.1) is 0 Å². The van der Waals surface area contributed by atoms with Crippen LogP contribution < -0.4 is 0 Å². The van der Waals surface area contributed by atoms with Crippen LogP contribution in [0.4, 0.5) is 0 Å². The molecular weight excluding hydrogens is 284 g/mol. The van der Waals surface area contributed by atoms with Crippen LogP contribution in [-0.4, -0.2) is 16.3 Å². The monoisotopic (exact) mass is 306 g/mol. The maximum absolute atomic E-state index is 12.0. The molecule has 0 fully saturated rings. The summed E-state index contributed by atoms with van der Waals surface area (Å²) in [6.45, 7) is 5.63. The first-order valence-electron chi connectivity index (χ1n) is 7.00. The molecule has 0 bridgehead atoms. The Kier molecular flexibility index (Phi) is 7.69. The molecule has 1 unspecified atom stereocenters. The molecule has 0 aliphatic rings. The molecule has 0 N–H and O–H groups in total. The molecule has 0 saturated carbocycles. The molecule has 1 rings (SSSR count). The normalized spacial score (nSPS) is 13.1. The smallest absolute Gasteiger partial charge is 0.330 e. The van der Waals surface area contributed by atoms with E-state index >= 15 is 0 Å². The Morgan fingerprint density at radius 2 is 1.81 bits per heavy atom. The summed E-state index contributed by atoms with van der Waals surface area (Å²) < 4.78 is 16.9. The Morgan fingerprint density at radius 3 is 2.43 bits per heavy atom. The molecule has 21 heavy (non-hydrogen) atoms. The summed E-state index contributed by atoms with van der Waals surface area (Å²) in [6, 6.07) is 7.64. The molecule has 3 nitrogen and oxygen atoms in total. The minimum atomic E-state index is -1.11. The second-order valence-corrected chi connectivity index (χ2v) is 6.29. The van der Waals surface area contributed by atoms with Crippen molar-refractivity contribution >= 4 is 16.8 Å². The number of hydrogen-bond acceptors (Lipinski definition) is 3. The number of benzene rings is 1. The van der Waals surface area contributed by atoms with Gasteiger partial charge in [0.05, 0.1) is 16.9 Å². The number of carbonyl (C=O) groups is 1. The van der Waals surface area contributed by atoms with E-state index in [0.717, 1.165) is 23.3 Å². The number of carbonyl (C=O) groups excluding carboxylic acids is 1. The predicted octanol–water partition coefficient (Wildman–Crippen LogP) is 3.90. The van der Waals surface area contributed by atoms with Crippen molar-refractivity contribution in [3.63, 3.8) is 0 Å². The highest BCUT2D eigenvalue weighted by atomic mass is 32.2. The minimum Gasteiger partial charge on any atom is -0.460 e. The lowest BCUT2D eigenvalue weighted by Crippen LogP contribution is -2.08. The average molecular weight is 306 g/mol. The summed E-state index contributed by atoms with van der Waals surface area (Å²) in [4.78, 5) is 12.0. The molecule has 0 radical (unpaired) electrons. The number of hydrogen-bond donors (Lipinski definition) is 0. The van der Waals surface area contributed by atoms with Crippen LogP contribution in [0, 0.1) is 6.92 Å². The van der Waals surface area contributed by atoms with Crippen LogP contribution in [-0.2, 0) is 20.3 Å². The van der Waals surface area contributed by atoms with Gasteiger partial charge in [-0.3, -0.25) is 0 Å². The van der Waals surface area contributed by atoms with E-state index in [1.54, 1.807) is 11.5 Å². The van der Waals surface area contributed by atoms with Crippen molar-refractivity contribution in [3.8, 4) is 0 Å². The van der Waals surface area contributed by atoms with Crippen LogP contribution in [0.3, 0.4) is 0 Å². The third-order valence-corrected chi connectivity index (χ3v) is 3.76. The van der Waals surface area contributed by atoms with Gasteiger partial charge in [-0.05, 0) is 45.7 Å². The van der Waals surface area contributed by atoms with Crippen LogP contribution in [0.15, 0.2) is 52.8 Å². The van der Waals surface area contributed by atoms with E-state index in [9.17, 15) is 9.00 Å². The van der Waals surface area contributed by atoms with Crippen LogP contribution >= 0.6 is 0 Å². The minimum absolute atomic E-state index is 0.0982. The van der Waals surface area contributed by atoms with E-state index in [1.165, 1.54) is 6.08 Å². The fourth-order valence-electron chi connectivity index (χ4n) is 1.55. The molecule has 114 valence electrons. The van der Waals surface area contributed by atoms with Crippen LogP contribution in [0.5, 0.6) is 0 Å². The second kappa shape index (κ2) is 9.29. The van der Waals surface area contributed by atoms with Crippen molar-refractivity contribution < 1.29 is 13.7 Å². The molecule has 0 aliphatic carbocycles. The van der Waals surface area contributed by atoms with Crippen molar-refractivity contribution in [2.75, 3.05) is 0 Å². The Hall–Kier alpha value is -1.68. The molecule has 0 amide bonds. The number of esters is 1. The summed E-state index contributed by atoms with van der Waals surface area (Å²) in [6.07, 6.45) is 6.43. The lowest BCUT2D eigenvalue weighted by Gasteiger charge is -2.03. The van der Waals surface area contributed by atoms with Gasteiger partial charge >= 0.3 is 5.97 Å². The van der Waals surface area contributed by atoms with E-state index in [0.29, 0.717) is 0 Å². The summed E-state index contributed by atoms with van der Waals surface area (Å²) in [5.74, 6) is -0.322. The van der Waals surface area contributed by atoms with Crippen LogP contribution in [0.1, 0.15) is 32.3 Å². The summed E-state index contributed by atoms with van der Waals surface area (Å²) in [5, 5.41) is 1.69. The predicted molar refractivity (Wildman–Crippen MR) is 86.3 cm³/mol. The van der Waals surface area contributed by atoms with Gasteiger partial charge in [0.25, 0.3) is 0 Å². The highest BCUT2D eigenvalue weighted by Crippen LogP contribution is 2.09. The quantitative estimate of drug-likeness (QED) is 0.436. The molecule has 1 atom stereocenters. The first kappa shape index (κ1) is 17.4. The number of rotatable bonds is 7. The number of aryl methyl sites for hydroxylation is 1. The molecule has 0 saturated heterocycles. The van der Waals surface area contributed by atoms with E-state index in [-0.39, 0.29) is 12.1 Å². The molecular formula is C17H22O3S. The summed E-state index contributed by atoms with van der Waals surface area (Å²) in [7, 11) is -1.11. The van der Waals surface area contributed by atoms with Gasteiger partial charge < -0.3 is 4.74 Å². The van der Waals surface area contributed by atoms with Crippen molar-refractivity contribution in [1.82, 2.24) is 0 Å². The SMILES string of the molecule is Cc1ccc(S(=O)/C=C/CC/C=C\C(=O)OC(C)C)cc1. The standard InChI is InChI=1S/C17H22O3S/c1-14(2)20-17(18)8-6-4-5-7-13-21(19)16-11-9-15(3)10-12-16/h6-14H,4-5H2,1-3H3/b8-6-,13-7+. The van der Waals surface area contributed by atoms with Crippen LogP contribution in [0.2, 0.25) is 0 Å². The largest absolute Gasteiger partial charge is 0.460 e. The Bertz CT molecular complexity index is 527. The highest BCUT2D eigenvalue weighted by molar-refractivity contribution is 7.88. The van der Waals surface area contributed by atoms with Crippen molar-refractivity contribution in [2.45, 2.75) is 44.6 Å². The van der Waals surface area contributed by atoms with Gasteiger partial charge in [0, 0.05) is 16.4 Å². The zero-order valence-electron chi connectivity index (χ0n) is 12.7. The van der Waals surface area contributed by atoms with Gasteiger partial charge in [0.2, 0.25) is 0 Å². The fourth-order valence-corrected chi connectivity index (χ4v) is 2.42. The fraction of sp³-hybridized carbons (Fsp3) is 0.353. The highest BCUT2D eigenvalue weighted by Gasteiger charge is 1.99. The van der Waals surface area contributed by atoms with E-state index in [1.807, 2.05) is 51.1 Å². The first-order valence-corrected chi connectivity index (χ1v) is 8.21. The maximum Gasteiger partial charge on any atom is 0.330 e. The van der Waals surface area contributed by atoms with Gasteiger partial charge in [-0.2, -0.15) is 0 Å². The van der Waals surface area contributed by atoms with Gasteiger partial charge in [0.1, 0.15) is 0 Å². The average Bonchev–Trinajstić information content (AvgIpc) is 2.42. The maximum atomic E-state index is 12.0. The Balaban J connectivity index is 2.32. The molecule has 1 aromatic rings. The Labute approximate surface area is 129 Å². The molecule has 4 heteroatoms. The lowest BCUT2D eigenvalue weighted by atomic mass is 10.2. The topological polar surface area (TPSA) is 43.4 Å². The third kappa shape index (κ3) is 7.61. The molecule has 0 spiro atoms. The zero-order chi connectivity index (χ0) is 15.7. The van der Waals surface area contributed by atoms with E-state index in [2.05, 4.69) is 0 Å². The molecule has 0 heterocycles. The van der Waals surface area contributed by atoms with E-state index < -0.39 is 10.8 Å². The molecule has 1 aromatic carbocycles. The van der Waals surface area contributed by atoms with Crippen molar-refractivity contribution in [2.24, 2.45) is 0 Å². The first-order chi connectivity index (χ1) is 9.99. The van der Waals surface area contributed by atoms with Crippen molar-refractivity contribution in [1.29, 1.82) is 0 Å². The number of allylic oxidation sites excluding steroid dienone is 2.